The molecule has 0 atom stereocenters. The molecule has 0 heterocycles. The summed E-state index contributed by atoms with van der Waals surface area (Å²) in [7, 11) is 4.03. The number of benzene rings is 1. The number of hydrogen-bond acceptors (Lipinski definition) is 2. The first-order chi connectivity index (χ1) is 8.54. The fourth-order valence-corrected chi connectivity index (χ4v) is 3.15. The van der Waals surface area contributed by atoms with Crippen LogP contribution in [0.2, 0.25) is 5.02 Å². The highest BCUT2D eigenvalue weighted by Crippen LogP contribution is 2.35. The number of likely N-dealkylation sites (N-methyl/N-ethyl adjacent to an activating group) is 1. The lowest BCUT2D eigenvalue weighted by molar-refractivity contribution is -0.128. The van der Waals surface area contributed by atoms with Crippen molar-refractivity contribution in [1.29, 1.82) is 0 Å². The molecule has 0 aromatic heterocycles. The molecule has 1 fully saturated rings. The Labute approximate surface area is 114 Å². The van der Waals surface area contributed by atoms with Gasteiger partial charge in [-0.25, -0.2) is 0 Å². The van der Waals surface area contributed by atoms with Crippen LogP contribution in [0.25, 0.3) is 0 Å². The van der Waals surface area contributed by atoms with Gasteiger partial charge in [0, 0.05) is 11.4 Å². The highest BCUT2D eigenvalue weighted by atomic mass is 35.5. The summed E-state index contributed by atoms with van der Waals surface area (Å²) in [6.07, 6.45) is 4.76. The zero-order chi connectivity index (χ0) is 13.2. The van der Waals surface area contributed by atoms with Gasteiger partial charge < -0.3 is 0 Å². The van der Waals surface area contributed by atoms with Crippen LogP contribution in [0.15, 0.2) is 24.3 Å². The smallest absolute Gasteiger partial charge is 0.157 e. The summed E-state index contributed by atoms with van der Waals surface area (Å²) in [6, 6.07) is 7.61. The minimum absolute atomic E-state index is 0.248. The first kappa shape index (κ1) is 13.6. The zero-order valence-electron chi connectivity index (χ0n) is 11.1. The molecule has 0 bridgehead atoms. The molecule has 0 saturated heterocycles. The topological polar surface area (TPSA) is 20.3 Å². The van der Waals surface area contributed by atoms with E-state index in [1.54, 1.807) is 0 Å². The zero-order valence-corrected chi connectivity index (χ0v) is 11.8. The maximum absolute atomic E-state index is 12.6. The second-order valence-electron chi connectivity index (χ2n) is 5.36. The number of rotatable bonds is 4. The predicted octanol–water partition coefficient (Wildman–Crippen LogP) is 3.33. The largest absolute Gasteiger partial charge is 0.297 e. The third-order valence-corrected chi connectivity index (χ3v) is 4.29. The Balaban J connectivity index is 2.16. The van der Waals surface area contributed by atoms with Crippen molar-refractivity contribution in [2.45, 2.75) is 37.6 Å². The van der Waals surface area contributed by atoms with Crippen LogP contribution in [0, 0.1) is 0 Å². The van der Waals surface area contributed by atoms with Crippen molar-refractivity contribution in [2.75, 3.05) is 14.1 Å². The molecule has 18 heavy (non-hydrogen) atoms. The average Bonchev–Trinajstić information content (AvgIpc) is 2.79. The van der Waals surface area contributed by atoms with Crippen LogP contribution in [-0.4, -0.2) is 30.3 Å². The van der Waals surface area contributed by atoms with E-state index in [1.807, 2.05) is 38.4 Å². The molecule has 0 amide bonds. The molecular formula is C15H20ClNO. The SMILES string of the molecule is CN(C)C1(C(=O)Cc2cccc(Cl)c2)CCCC1. The third kappa shape index (κ3) is 2.60. The Morgan fingerprint density at radius 1 is 1.33 bits per heavy atom. The van der Waals surface area contributed by atoms with Crippen LogP contribution in [0.1, 0.15) is 31.2 Å². The number of carbonyl (C=O) groups excluding carboxylic acids is 1. The molecule has 0 radical (unpaired) electrons. The summed E-state index contributed by atoms with van der Waals surface area (Å²) in [4.78, 5) is 14.7. The molecule has 1 aromatic rings. The second kappa shape index (κ2) is 5.41. The van der Waals surface area contributed by atoms with Gasteiger partial charge in [0.15, 0.2) is 5.78 Å². The quantitative estimate of drug-likeness (QED) is 0.832. The number of hydrogen-bond donors (Lipinski definition) is 0. The number of carbonyl (C=O) groups is 1. The molecule has 0 unspecified atom stereocenters. The lowest BCUT2D eigenvalue weighted by atomic mass is 9.87. The van der Waals surface area contributed by atoms with Crippen molar-refractivity contribution in [2.24, 2.45) is 0 Å². The maximum Gasteiger partial charge on any atom is 0.157 e. The lowest BCUT2D eigenvalue weighted by Crippen LogP contribution is -2.49. The molecule has 2 rings (SSSR count). The molecule has 1 aliphatic carbocycles. The van der Waals surface area contributed by atoms with E-state index in [9.17, 15) is 4.79 Å². The summed E-state index contributed by atoms with van der Waals surface area (Å²) in [5, 5.41) is 0.700. The van der Waals surface area contributed by atoms with E-state index < -0.39 is 0 Å². The molecule has 1 aliphatic rings. The van der Waals surface area contributed by atoms with E-state index in [4.69, 9.17) is 11.6 Å². The summed E-state index contributed by atoms with van der Waals surface area (Å²) in [5.41, 5.74) is 0.767. The second-order valence-corrected chi connectivity index (χ2v) is 5.80. The minimum atomic E-state index is -0.248. The highest BCUT2D eigenvalue weighted by molar-refractivity contribution is 6.30. The van der Waals surface area contributed by atoms with E-state index in [2.05, 4.69) is 4.90 Å². The Morgan fingerprint density at radius 3 is 2.56 bits per heavy atom. The van der Waals surface area contributed by atoms with E-state index >= 15 is 0 Å². The van der Waals surface area contributed by atoms with Gasteiger partial charge in [0.2, 0.25) is 0 Å². The van der Waals surface area contributed by atoms with E-state index in [0.29, 0.717) is 17.2 Å². The molecule has 0 aliphatic heterocycles. The van der Waals surface area contributed by atoms with Crippen molar-refractivity contribution in [3.8, 4) is 0 Å². The van der Waals surface area contributed by atoms with E-state index in [-0.39, 0.29) is 5.54 Å². The van der Waals surface area contributed by atoms with Gasteiger partial charge in [-0.05, 0) is 44.6 Å². The van der Waals surface area contributed by atoms with E-state index in [1.165, 1.54) is 0 Å². The van der Waals surface area contributed by atoms with Crippen molar-refractivity contribution in [3.05, 3.63) is 34.9 Å². The minimum Gasteiger partial charge on any atom is -0.297 e. The normalized spacial score (nSPS) is 18.2. The Kier molecular flexibility index (Phi) is 4.08. The first-order valence-electron chi connectivity index (χ1n) is 6.50. The van der Waals surface area contributed by atoms with Crippen LogP contribution in [0.3, 0.4) is 0 Å². The van der Waals surface area contributed by atoms with Crippen molar-refractivity contribution in [3.63, 3.8) is 0 Å². The summed E-state index contributed by atoms with van der Waals surface area (Å²) < 4.78 is 0. The molecule has 2 nitrogen and oxygen atoms in total. The molecule has 1 saturated carbocycles. The molecule has 98 valence electrons. The van der Waals surface area contributed by atoms with Crippen molar-refractivity contribution in [1.82, 2.24) is 4.90 Å². The van der Waals surface area contributed by atoms with Gasteiger partial charge in [-0.3, -0.25) is 9.69 Å². The Hall–Kier alpha value is -0.860. The first-order valence-corrected chi connectivity index (χ1v) is 6.87. The Morgan fingerprint density at radius 2 is 2.00 bits per heavy atom. The van der Waals surface area contributed by atoms with Crippen LogP contribution < -0.4 is 0 Å². The third-order valence-electron chi connectivity index (χ3n) is 4.06. The van der Waals surface area contributed by atoms with Gasteiger partial charge in [0.25, 0.3) is 0 Å². The summed E-state index contributed by atoms with van der Waals surface area (Å²) in [6.45, 7) is 0. The Bertz CT molecular complexity index is 436. The van der Waals surface area contributed by atoms with Crippen LogP contribution in [0.5, 0.6) is 0 Å². The van der Waals surface area contributed by atoms with Crippen LogP contribution in [0.4, 0.5) is 0 Å². The molecular weight excluding hydrogens is 246 g/mol. The van der Waals surface area contributed by atoms with Gasteiger partial charge in [-0.1, -0.05) is 36.6 Å². The summed E-state index contributed by atoms with van der Waals surface area (Å²) in [5.74, 6) is 0.326. The molecule has 0 N–H and O–H groups in total. The average molecular weight is 266 g/mol. The van der Waals surface area contributed by atoms with Crippen molar-refractivity contribution < 1.29 is 4.79 Å². The van der Waals surface area contributed by atoms with E-state index in [0.717, 1.165) is 31.2 Å². The van der Waals surface area contributed by atoms with Gasteiger partial charge in [-0.15, -0.1) is 0 Å². The fraction of sp³-hybridized carbons (Fsp3) is 0.533. The molecule has 1 aromatic carbocycles. The van der Waals surface area contributed by atoms with Gasteiger partial charge in [-0.2, -0.15) is 0 Å². The number of Topliss-reactive ketones (excluding diaryl/α,β-unsaturated/α-hetero) is 1. The number of ketones is 1. The number of nitrogens with zero attached hydrogens (tertiary/aromatic N) is 1. The standard InChI is InChI=1S/C15H20ClNO/c1-17(2)15(8-3-4-9-15)14(18)11-12-6-5-7-13(16)10-12/h5-7,10H,3-4,8-9,11H2,1-2H3. The van der Waals surface area contributed by atoms with Crippen LogP contribution in [-0.2, 0) is 11.2 Å². The highest BCUT2D eigenvalue weighted by Gasteiger charge is 2.42. The van der Waals surface area contributed by atoms with Gasteiger partial charge in [0.1, 0.15) is 0 Å². The fourth-order valence-electron chi connectivity index (χ4n) is 2.93. The van der Waals surface area contributed by atoms with Gasteiger partial charge >= 0.3 is 0 Å². The number of halogens is 1. The van der Waals surface area contributed by atoms with Crippen LogP contribution >= 0.6 is 11.6 Å². The van der Waals surface area contributed by atoms with Gasteiger partial charge in [0.05, 0.1) is 5.54 Å². The van der Waals surface area contributed by atoms with Crippen molar-refractivity contribution >= 4 is 17.4 Å². The molecule has 0 spiro atoms. The lowest BCUT2D eigenvalue weighted by Gasteiger charge is -2.34. The monoisotopic (exact) mass is 265 g/mol. The predicted molar refractivity (Wildman–Crippen MR) is 75.0 cm³/mol. The maximum atomic E-state index is 12.6. The molecule has 3 heteroatoms. The summed E-state index contributed by atoms with van der Waals surface area (Å²) >= 11 is 5.96.